The Hall–Kier alpha value is -2.04. The van der Waals surface area contributed by atoms with Gasteiger partial charge in [-0.15, -0.1) is 0 Å². The predicted molar refractivity (Wildman–Crippen MR) is 86.8 cm³/mol. The first-order valence-electron chi connectivity index (χ1n) is 8.47. The van der Waals surface area contributed by atoms with Crippen LogP contribution >= 0.6 is 0 Å². The van der Waals surface area contributed by atoms with Crippen LogP contribution in [-0.4, -0.2) is 18.4 Å². The zero-order valence-electron chi connectivity index (χ0n) is 13.5. The Labute approximate surface area is 136 Å². The second-order valence-corrected chi connectivity index (χ2v) is 6.60. The molecular formula is C18H24N2O3. The molecule has 3 atom stereocenters. The third-order valence-electron chi connectivity index (χ3n) is 5.08. The van der Waals surface area contributed by atoms with Gasteiger partial charge in [0, 0.05) is 12.0 Å². The molecule has 3 unspecified atom stereocenters. The molecular weight excluding hydrogens is 292 g/mol. The maximum Gasteiger partial charge on any atom is 0.269 e. The lowest BCUT2D eigenvalue weighted by Gasteiger charge is -2.20. The van der Waals surface area contributed by atoms with Crippen LogP contribution in [0.5, 0.6) is 5.75 Å². The van der Waals surface area contributed by atoms with Gasteiger partial charge in [0.1, 0.15) is 5.75 Å². The van der Waals surface area contributed by atoms with Crippen LogP contribution in [0.4, 0.5) is 0 Å². The van der Waals surface area contributed by atoms with Crippen molar-refractivity contribution >= 4 is 11.8 Å². The van der Waals surface area contributed by atoms with E-state index in [0.29, 0.717) is 30.4 Å². The number of rotatable bonds is 5. The Morgan fingerprint density at radius 2 is 1.91 bits per heavy atom. The molecule has 2 N–H and O–H groups in total. The number of benzene rings is 1. The van der Waals surface area contributed by atoms with Crippen molar-refractivity contribution < 1.29 is 14.3 Å². The number of carbonyl (C=O) groups is 2. The summed E-state index contributed by atoms with van der Waals surface area (Å²) in [6.07, 6.45) is 5.57. The molecule has 0 aromatic heterocycles. The van der Waals surface area contributed by atoms with Crippen molar-refractivity contribution in [2.24, 2.45) is 17.8 Å². The van der Waals surface area contributed by atoms with Gasteiger partial charge in [-0.25, -0.2) is 0 Å². The van der Waals surface area contributed by atoms with Gasteiger partial charge in [-0.3, -0.25) is 20.4 Å². The Balaban J connectivity index is 1.44. The molecule has 5 nitrogen and oxygen atoms in total. The first kappa shape index (κ1) is 15.8. The number of nitrogens with one attached hydrogen (secondary N) is 2. The predicted octanol–water partition coefficient (Wildman–Crippen LogP) is 2.67. The SMILES string of the molecule is CCOc1ccc(C(=O)NNC(=O)CC2CC3CCC2C3)cc1. The number of hydrogen-bond acceptors (Lipinski definition) is 3. The summed E-state index contributed by atoms with van der Waals surface area (Å²) >= 11 is 0. The number of hydrogen-bond donors (Lipinski definition) is 2. The van der Waals surface area contributed by atoms with Gasteiger partial charge in [-0.05, 0) is 68.2 Å². The molecule has 0 spiro atoms. The molecule has 23 heavy (non-hydrogen) atoms. The van der Waals surface area contributed by atoms with Crippen LogP contribution in [0.25, 0.3) is 0 Å². The minimum absolute atomic E-state index is 0.0955. The third-order valence-corrected chi connectivity index (χ3v) is 5.08. The monoisotopic (exact) mass is 316 g/mol. The van der Waals surface area contributed by atoms with Crippen LogP contribution < -0.4 is 15.6 Å². The first-order valence-corrected chi connectivity index (χ1v) is 8.47. The lowest BCUT2D eigenvalue weighted by molar-refractivity contribution is -0.123. The Morgan fingerprint density at radius 3 is 2.52 bits per heavy atom. The summed E-state index contributed by atoms with van der Waals surface area (Å²) < 4.78 is 5.34. The Morgan fingerprint density at radius 1 is 1.13 bits per heavy atom. The normalized spacial score (nSPS) is 25.2. The highest BCUT2D eigenvalue weighted by Gasteiger charge is 2.40. The van der Waals surface area contributed by atoms with E-state index >= 15 is 0 Å². The fourth-order valence-corrected chi connectivity index (χ4v) is 3.98. The molecule has 2 amide bonds. The van der Waals surface area contributed by atoms with Crippen molar-refractivity contribution in [3.63, 3.8) is 0 Å². The quantitative estimate of drug-likeness (QED) is 0.821. The summed E-state index contributed by atoms with van der Waals surface area (Å²) in [4.78, 5) is 24.0. The van der Waals surface area contributed by atoms with E-state index < -0.39 is 0 Å². The Bertz CT molecular complexity index is 570. The fraction of sp³-hybridized carbons (Fsp3) is 0.556. The molecule has 124 valence electrons. The van der Waals surface area contributed by atoms with Crippen LogP contribution in [0.2, 0.25) is 0 Å². The van der Waals surface area contributed by atoms with Crippen molar-refractivity contribution in [1.29, 1.82) is 0 Å². The average molecular weight is 316 g/mol. The van der Waals surface area contributed by atoms with Gasteiger partial charge in [0.25, 0.3) is 5.91 Å². The number of fused-ring (bicyclic) bond motifs is 2. The van der Waals surface area contributed by atoms with E-state index in [1.165, 1.54) is 25.7 Å². The molecule has 1 aromatic rings. The fourth-order valence-electron chi connectivity index (χ4n) is 3.98. The van der Waals surface area contributed by atoms with Gasteiger partial charge >= 0.3 is 0 Å². The summed E-state index contributed by atoms with van der Waals surface area (Å²) in [6, 6.07) is 6.86. The van der Waals surface area contributed by atoms with E-state index in [0.717, 1.165) is 11.7 Å². The first-order chi connectivity index (χ1) is 11.2. The molecule has 0 saturated heterocycles. The molecule has 2 aliphatic rings. The smallest absolute Gasteiger partial charge is 0.269 e. The summed E-state index contributed by atoms with van der Waals surface area (Å²) in [7, 11) is 0. The molecule has 0 radical (unpaired) electrons. The van der Waals surface area contributed by atoms with E-state index in [1.54, 1.807) is 24.3 Å². The van der Waals surface area contributed by atoms with Gasteiger partial charge in [0.15, 0.2) is 0 Å². The maximum absolute atomic E-state index is 12.0. The molecule has 5 heteroatoms. The zero-order valence-corrected chi connectivity index (χ0v) is 13.5. The average Bonchev–Trinajstić information content (AvgIpc) is 3.16. The highest BCUT2D eigenvalue weighted by Crippen LogP contribution is 2.49. The van der Waals surface area contributed by atoms with E-state index in [2.05, 4.69) is 10.9 Å². The molecule has 2 bridgehead atoms. The lowest BCUT2D eigenvalue weighted by atomic mass is 9.86. The molecule has 2 aliphatic carbocycles. The van der Waals surface area contributed by atoms with Gasteiger partial charge in [-0.2, -0.15) is 0 Å². The molecule has 3 rings (SSSR count). The molecule has 2 fully saturated rings. The standard InChI is InChI=1S/C18H24N2O3/c1-2-23-16-7-5-13(6-8-16)18(22)20-19-17(21)11-15-10-12-3-4-14(15)9-12/h5-8,12,14-15H,2-4,9-11H2,1H3,(H,19,21)(H,20,22). The van der Waals surface area contributed by atoms with E-state index in [-0.39, 0.29) is 11.8 Å². The van der Waals surface area contributed by atoms with Gasteiger partial charge < -0.3 is 4.74 Å². The van der Waals surface area contributed by atoms with Crippen LogP contribution in [0.3, 0.4) is 0 Å². The summed E-state index contributed by atoms with van der Waals surface area (Å²) in [5.74, 6) is 2.36. The molecule has 2 saturated carbocycles. The highest BCUT2D eigenvalue weighted by atomic mass is 16.5. The number of hydrazine groups is 1. The molecule has 0 heterocycles. The Kier molecular flexibility index (Phi) is 4.84. The second-order valence-electron chi connectivity index (χ2n) is 6.60. The minimum Gasteiger partial charge on any atom is -0.494 e. The highest BCUT2D eigenvalue weighted by molar-refractivity contribution is 5.95. The van der Waals surface area contributed by atoms with Crippen molar-refractivity contribution in [2.75, 3.05) is 6.61 Å². The van der Waals surface area contributed by atoms with Crippen molar-refractivity contribution in [3.8, 4) is 5.75 Å². The van der Waals surface area contributed by atoms with E-state index in [4.69, 9.17) is 4.74 Å². The third kappa shape index (κ3) is 3.84. The van der Waals surface area contributed by atoms with Crippen molar-refractivity contribution in [3.05, 3.63) is 29.8 Å². The van der Waals surface area contributed by atoms with Crippen LogP contribution in [0, 0.1) is 17.8 Å². The van der Waals surface area contributed by atoms with Gasteiger partial charge in [-0.1, -0.05) is 6.42 Å². The number of ether oxygens (including phenoxy) is 1. The van der Waals surface area contributed by atoms with Gasteiger partial charge in [0.05, 0.1) is 6.61 Å². The van der Waals surface area contributed by atoms with Crippen LogP contribution in [-0.2, 0) is 4.79 Å². The van der Waals surface area contributed by atoms with Crippen molar-refractivity contribution in [2.45, 2.75) is 39.0 Å². The topological polar surface area (TPSA) is 67.4 Å². The summed E-state index contributed by atoms with van der Waals surface area (Å²) in [5, 5.41) is 0. The minimum atomic E-state index is -0.311. The zero-order chi connectivity index (χ0) is 16.2. The van der Waals surface area contributed by atoms with Crippen molar-refractivity contribution in [1.82, 2.24) is 10.9 Å². The lowest BCUT2D eigenvalue weighted by Crippen LogP contribution is -2.42. The molecule has 0 aliphatic heterocycles. The van der Waals surface area contributed by atoms with E-state index in [9.17, 15) is 9.59 Å². The largest absolute Gasteiger partial charge is 0.494 e. The molecule has 1 aromatic carbocycles. The summed E-state index contributed by atoms with van der Waals surface area (Å²) in [6.45, 7) is 2.50. The van der Waals surface area contributed by atoms with E-state index in [1.807, 2.05) is 6.92 Å². The summed E-state index contributed by atoms with van der Waals surface area (Å²) in [5.41, 5.74) is 5.52. The number of amides is 2. The van der Waals surface area contributed by atoms with Crippen LogP contribution in [0.15, 0.2) is 24.3 Å². The van der Waals surface area contributed by atoms with Crippen LogP contribution in [0.1, 0.15) is 49.4 Å². The van der Waals surface area contributed by atoms with Gasteiger partial charge in [0.2, 0.25) is 5.91 Å². The second kappa shape index (κ2) is 7.02. The maximum atomic E-state index is 12.0. The number of carbonyl (C=O) groups excluding carboxylic acids is 2.